The second-order valence-corrected chi connectivity index (χ2v) is 7.41. The molecule has 1 N–H and O–H groups in total. The SMILES string of the molecule is Oc1cccc(C2SC=C3Sc4nnc(-c5ccccc5)n4N32)c1. The summed E-state index contributed by atoms with van der Waals surface area (Å²) in [6.07, 6.45) is 0. The van der Waals surface area contributed by atoms with Gasteiger partial charge in [0.25, 0.3) is 0 Å². The van der Waals surface area contributed by atoms with Gasteiger partial charge in [0.05, 0.1) is 0 Å². The van der Waals surface area contributed by atoms with E-state index in [1.807, 2.05) is 48.5 Å². The molecule has 1 unspecified atom stereocenters. The minimum absolute atomic E-state index is 0.0549. The first-order valence-electron chi connectivity index (χ1n) is 7.44. The van der Waals surface area contributed by atoms with E-state index in [2.05, 4.69) is 25.3 Å². The quantitative estimate of drug-likeness (QED) is 0.754. The number of hydrogen-bond donors (Lipinski definition) is 1. The fourth-order valence-corrected chi connectivity index (χ4v) is 5.12. The molecule has 24 heavy (non-hydrogen) atoms. The second-order valence-electron chi connectivity index (χ2n) is 5.47. The maximum absolute atomic E-state index is 9.82. The number of aromatic hydroxyl groups is 1. The zero-order valence-electron chi connectivity index (χ0n) is 12.4. The molecule has 2 aliphatic rings. The maximum atomic E-state index is 9.82. The molecule has 118 valence electrons. The third-order valence-corrected chi connectivity index (χ3v) is 6.15. The topological polar surface area (TPSA) is 54.2 Å². The molecule has 0 saturated heterocycles. The predicted molar refractivity (Wildman–Crippen MR) is 96.1 cm³/mol. The average Bonchev–Trinajstić information content (AvgIpc) is 3.26. The van der Waals surface area contributed by atoms with Crippen molar-refractivity contribution in [1.29, 1.82) is 0 Å². The van der Waals surface area contributed by atoms with Crippen LogP contribution in [0.15, 0.2) is 70.2 Å². The molecule has 2 aliphatic heterocycles. The third-order valence-electron chi connectivity index (χ3n) is 3.96. The standard InChI is InChI=1S/C17H12N4OS2/c22-13-8-4-7-12(9-13)16-20-14(10-23-16)24-17-19-18-15(21(17)20)11-5-2-1-3-6-11/h1-10,16,22H. The van der Waals surface area contributed by atoms with Gasteiger partial charge in [-0.1, -0.05) is 54.2 Å². The molecule has 0 radical (unpaired) electrons. The summed E-state index contributed by atoms with van der Waals surface area (Å²) in [5.74, 6) is 1.11. The molecular weight excluding hydrogens is 340 g/mol. The van der Waals surface area contributed by atoms with E-state index in [9.17, 15) is 5.11 Å². The largest absolute Gasteiger partial charge is 0.508 e. The average molecular weight is 352 g/mol. The number of fused-ring (bicyclic) bond motifs is 3. The molecule has 0 saturated carbocycles. The van der Waals surface area contributed by atoms with Gasteiger partial charge < -0.3 is 5.11 Å². The highest BCUT2D eigenvalue weighted by atomic mass is 32.2. The molecule has 2 aromatic carbocycles. The van der Waals surface area contributed by atoms with Gasteiger partial charge in [0.15, 0.2) is 5.82 Å². The molecule has 0 amide bonds. The summed E-state index contributed by atoms with van der Waals surface area (Å²) in [7, 11) is 0. The van der Waals surface area contributed by atoms with E-state index in [4.69, 9.17) is 0 Å². The molecule has 5 rings (SSSR count). The van der Waals surface area contributed by atoms with E-state index >= 15 is 0 Å². The van der Waals surface area contributed by atoms with Crippen LogP contribution in [0.1, 0.15) is 10.9 Å². The number of aromatic nitrogens is 3. The lowest BCUT2D eigenvalue weighted by Crippen LogP contribution is -2.29. The van der Waals surface area contributed by atoms with Crippen LogP contribution in [0.4, 0.5) is 0 Å². The normalized spacial score (nSPS) is 18.4. The van der Waals surface area contributed by atoms with E-state index in [0.29, 0.717) is 0 Å². The van der Waals surface area contributed by atoms with Gasteiger partial charge >= 0.3 is 0 Å². The van der Waals surface area contributed by atoms with Crippen molar-refractivity contribution >= 4 is 23.5 Å². The fraction of sp³-hybridized carbons (Fsp3) is 0.0588. The van der Waals surface area contributed by atoms with Crippen LogP contribution in [-0.2, 0) is 0 Å². The van der Waals surface area contributed by atoms with Crippen LogP contribution in [0, 0.1) is 0 Å². The summed E-state index contributed by atoms with van der Waals surface area (Å²) in [6.45, 7) is 0. The van der Waals surface area contributed by atoms with Crippen molar-refractivity contribution in [2.75, 3.05) is 5.01 Å². The Kier molecular flexibility index (Phi) is 3.11. The molecule has 1 aromatic heterocycles. The minimum atomic E-state index is 0.0549. The second kappa shape index (κ2) is 5.32. The zero-order valence-corrected chi connectivity index (χ0v) is 14.0. The summed E-state index contributed by atoms with van der Waals surface area (Å²) in [5, 5.41) is 24.9. The molecule has 0 aliphatic carbocycles. The Hall–Kier alpha value is -2.38. The van der Waals surface area contributed by atoms with Crippen molar-refractivity contribution in [2.45, 2.75) is 10.5 Å². The van der Waals surface area contributed by atoms with Gasteiger partial charge in [-0.25, -0.2) is 4.68 Å². The van der Waals surface area contributed by atoms with E-state index in [-0.39, 0.29) is 11.1 Å². The van der Waals surface area contributed by atoms with Crippen LogP contribution in [-0.4, -0.2) is 20.0 Å². The Labute approximate surface area is 147 Å². The van der Waals surface area contributed by atoms with Gasteiger partial charge in [-0.15, -0.1) is 10.2 Å². The number of thioether (sulfide) groups is 2. The summed E-state index contributed by atoms with van der Waals surface area (Å²) in [6, 6.07) is 17.5. The number of rotatable bonds is 2. The Morgan fingerprint density at radius 2 is 1.88 bits per heavy atom. The van der Waals surface area contributed by atoms with Crippen molar-refractivity contribution in [3.63, 3.8) is 0 Å². The van der Waals surface area contributed by atoms with Crippen LogP contribution in [0.3, 0.4) is 0 Å². The van der Waals surface area contributed by atoms with Crippen molar-refractivity contribution in [1.82, 2.24) is 14.9 Å². The lowest BCUT2D eigenvalue weighted by molar-refractivity contribution is 0.474. The fourth-order valence-electron chi connectivity index (χ4n) is 2.91. The van der Waals surface area contributed by atoms with Gasteiger partial charge in [0.1, 0.15) is 16.2 Å². The van der Waals surface area contributed by atoms with Gasteiger partial charge in [-0.05, 0) is 29.5 Å². The molecule has 3 heterocycles. The van der Waals surface area contributed by atoms with Crippen molar-refractivity contribution in [2.24, 2.45) is 0 Å². The molecule has 7 heteroatoms. The molecular formula is C17H12N4OS2. The Balaban J connectivity index is 1.62. The van der Waals surface area contributed by atoms with Gasteiger partial charge in [-0.3, -0.25) is 5.01 Å². The number of phenolic OH excluding ortho intramolecular Hbond substituents is 1. The van der Waals surface area contributed by atoms with Gasteiger partial charge in [-0.2, -0.15) is 0 Å². The van der Waals surface area contributed by atoms with E-state index in [0.717, 1.165) is 27.1 Å². The Morgan fingerprint density at radius 3 is 2.71 bits per heavy atom. The van der Waals surface area contributed by atoms with Crippen molar-refractivity contribution < 1.29 is 5.11 Å². The summed E-state index contributed by atoms with van der Waals surface area (Å²) >= 11 is 3.34. The number of hydrogen-bond acceptors (Lipinski definition) is 6. The number of nitrogens with zero attached hydrogens (tertiary/aromatic N) is 4. The maximum Gasteiger partial charge on any atom is 0.217 e. The van der Waals surface area contributed by atoms with E-state index < -0.39 is 0 Å². The van der Waals surface area contributed by atoms with E-state index in [1.54, 1.807) is 29.6 Å². The smallest absolute Gasteiger partial charge is 0.217 e. The molecule has 0 fully saturated rings. The highest BCUT2D eigenvalue weighted by Gasteiger charge is 2.39. The number of benzene rings is 2. The van der Waals surface area contributed by atoms with E-state index in [1.165, 1.54) is 0 Å². The van der Waals surface area contributed by atoms with Crippen LogP contribution < -0.4 is 5.01 Å². The molecule has 3 aromatic rings. The molecule has 0 bridgehead atoms. The Bertz CT molecular complexity index is 954. The highest BCUT2D eigenvalue weighted by molar-refractivity contribution is 8.07. The third kappa shape index (κ3) is 2.05. The molecule has 1 atom stereocenters. The summed E-state index contributed by atoms with van der Waals surface area (Å²) < 4.78 is 2.07. The molecule has 0 spiro atoms. The zero-order chi connectivity index (χ0) is 16.1. The first kappa shape index (κ1) is 14.0. The monoisotopic (exact) mass is 352 g/mol. The number of phenols is 1. The van der Waals surface area contributed by atoms with Gasteiger partial charge in [0, 0.05) is 11.0 Å². The molecule has 5 nitrogen and oxygen atoms in total. The lowest BCUT2D eigenvalue weighted by atomic mass is 10.2. The summed E-state index contributed by atoms with van der Waals surface area (Å²) in [4.78, 5) is 0. The van der Waals surface area contributed by atoms with Crippen LogP contribution in [0.2, 0.25) is 0 Å². The lowest BCUT2D eigenvalue weighted by Gasteiger charge is -2.26. The minimum Gasteiger partial charge on any atom is -0.508 e. The van der Waals surface area contributed by atoms with Crippen LogP contribution in [0.5, 0.6) is 5.75 Å². The highest BCUT2D eigenvalue weighted by Crippen LogP contribution is 2.52. The van der Waals surface area contributed by atoms with Crippen molar-refractivity contribution in [3.8, 4) is 17.1 Å². The first-order valence-corrected chi connectivity index (χ1v) is 9.20. The van der Waals surface area contributed by atoms with Crippen molar-refractivity contribution in [3.05, 3.63) is 70.6 Å². The van der Waals surface area contributed by atoms with Crippen LogP contribution >= 0.6 is 23.5 Å². The van der Waals surface area contributed by atoms with Crippen LogP contribution in [0.25, 0.3) is 11.4 Å². The van der Waals surface area contributed by atoms with Gasteiger partial charge in [0.2, 0.25) is 5.16 Å². The predicted octanol–water partition coefficient (Wildman–Crippen LogP) is 3.94. The first-order chi connectivity index (χ1) is 11.8. The summed E-state index contributed by atoms with van der Waals surface area (Å²) in [5.41, 5.74) is 2.08. The Morgan fingerprint density at radius 1 is 1.00 bits per heavy atom.